The highest BCUT2D eigenvalue weighted by atomic mass is 14.6. The van der Waals surface area contributed by atoms with Gasteiger partial charge in [0.2, 0.25) is 0 Å². The predicted molar refractivity (Wildman–Crippen MR) is 70.3 cm³/mol. The van der Waals surface area contributed by atoms with Gasteiger partial charge in [-0.2, -0.15) is 0 Å². The fraction of sp³-hybridized carbons (Fsp3) is 0.867. The molecule has 1 nitrogen and oxygen atoms in total. The van der Waals surface area contributed by atoms with Crippen molar-refractivity contribution in [1.29, 1.82) is 0 Å². The number of rotatable bonds is 1. The molecule has 1 heteroatoms. The van der Waals surface area contributed by atoms with Crippen LogP contribution in [-0.4, -0.2) is 6.04 Å². The first kappa shape index (κ1) is 12.2. The van der Waals surface area contributed by atoms with Gasteiger partial charge >= 0.3 is 0 Å². The van der Waals surface area contributed by atoms with Crippen molar-refractivity contribution in [3.63, 3.8) is 0 Å². The van der Waals surface area contributed by atoms with Crippen molar-refractivity contribution < 1.29 is 0 Å². The monoisotopic (exact) mass is 221 g/mol. The summed E-state index contributed by atoms with van der Waals surface area (Å²) >= 11 is 0. The van der Waals surface area contributed by atoms with Crippen molar-refractivity contribution in [1.82, 2.24) is 0 Å². The molecule has 0 aromatic rings. The lowest BCUT2D eigenvalue weighted by molar-refractivity contribution is 0.272. The van der Waals surface area contributed by atoms with E-state index in [-0.39, 0.29) is 0 Å². The molecule has 16 heavy (non-hydrogen) atoms. The lowest BCUT2D eigenvalue weighted by atomic mass is 9.79. The van der Waals surface area contributed by atoms with Crippen LogP contribution in [0, 0.1) is 11.8 Å². The van der Waals surface area contributed by atoms with Crippen molar-refractivity contribution in [2.45, 2.75) is 70.3 Å². The van der Waals surface area contributed by atoms with Gasteiger partial charge in [0, 0.05) is 6.04 Å². The fourth-order valence-corrected chi connectivity index (χ4v) is 3.47. The van der Waals surface area contributed by atoms with Gasteiger partial charge in [-0.1, -0.05) is 57.1 Å². The van der Waals surface area contributed by atoms with Crippen molar-refractivity contribution in [3.05, 3.63) is 12.2 Å². The average molecular weight is 221 g/mol. The molecule has 92 valence electrons. The Labute approximate surface area is 100 Å². The second kappa shape index (κ2) is 6.44. The normalized spacial score (nSPS) is 36.1. The zero-order chi connectivity index (χ0) is 11.2. The number of hydrogen-bond acceptors (Lipinski definition) is 1. The van der Waals surface area contributed by atoms with Crippen LogP contribution >= 0.6 is 0 Å². The van der Waals surface area contributed by atoms with E-state index in [2.05, 4.69) is 12.2 Å². The average Bonchev–Trinajstić information content (AvgIpc) is 2.51. The van der Waals surface area contributed by atoms with Gasteiger partial charge in [-0.05, 0) is 31.1 Å². The van der Waals surface area contributed by atoms with E-state index in [1.54, 1.807) is 0 Å². The highest BCUT2D eigenvalue weighted by molar-refractivity contribution is 4.95. The topological polar surface area (TPSA) is 26.0 Å². The Morgan fingerprint density at radius 1 is 0.750 bits per heavy atom. The van der Waals surface area contributed by atoms with E-state index in [0.717, 1.165) is 11.8 Å². The van der Waals surface area contributed by atoms with E-state index in [1.165, 1.54) is 64.2 Å². The third-order valence-electron chi connectivity index (χ3n) is 4.50. The summed E-state index contributed by atoms with van der Waals surface area (Å²) in [4.78, 5) is 0. The van der Waals surface area contributed by atoms with E-state index in [1.807, 2.05) is 0 Å². The van der Waals surface area contributed by atoms with Crippen LogP contribution < -0.4 is 5.73 Å². The molecule has 0 radical (unpaired) electrons. The maximum absolute atomic E-state index is 5.97. The van der Waals surface area contributed by atoms with Gasteiger partial charge in [-0.3, -0.25) is 0 Å². The molecular weight excluding hydrogens is 194 g/mol. The largest absolute Gasteiger partial charge is 0.324 e. The minimum Gasteiger partial charge on any atom is -0.324 e. The molecule has 0 aliphatic heterocycles. The van der Waals surface area contributed by atoms with Gasteiger partial charge in [-0.15, -0.1) is 0 Å². The second-order valence-corrected chi connectivity index (χ2v) is 5.77. The maximum atomic E-state index is 5.97. The molecule has 2 aliphatic rings. The number of nitrogens with two attached hydrogens (primary N) is 1. The van der Waals surface area contributed by atoms with Crippen molar-refractivity contribution in [2.24, 2.45) is 17.6 Å². The van der Waals surface area contributed by atoms with Crippen molar-refractivity contribution in [2.75, 3.05) is 0 Å². The van der Waals surface area contributed by atoms with Gasteiger partial charge in [0.15, 0.2) is 0 Å². The Hall–Kier alpha value is -0.300. The van der Waals surface area contributed by atoms with Crippen molar-refractivity contribution >= 4 is 0 Å². The van der Waals surface area contributed by atoms with E-state index < -0.39 is 0 Å². The van der Waals surface area contributed by atoms with Crippen LogP contribution in [0.2, 0.25) is 0 Å². The summed E-state index contributed by atoms with van der Waals surface area (Å²) in [6.45, 7) is 0. The SMILES string of the molecule is NC1/C=C\CC(C2CCCCCC2)CCC1. The molecule has 1 saturated carbocycles. The minimum atomic E-state index is 0.329. The van der Waals surface area contributed by atoms with Crippen LogP contribution in [0.15, 0.2) is 12.2 Å². The van der Waals surface area contributed by atoms with Crippen molar-refractivity contribution in [3.8, 4) is 0 Å². The molecular formula is C15H27N. The van der Waals surface area contributed by atoms with Crippen LogP contribution in [0.4, 0.5) is 0 Å². The van der Waals surface area contributed by atoms with Gasteiger partial charge in [0.1, 0.15) is 0 Å². The molecule has 0 saturated heterocycles. The zero-order valence-corrected chi connectivity index (χ0v) is 10.5. The first-order chi connectivity index (χ1) is 7.86. The molecule has 2 aliphatic carbocycles. The molecule has 0 aromatic carbocycles. The third kappa shape index (κ3) is 3.62. The van der Waals surface area contributed by atoms with Gasteiger partial charge < -0.3 is 5.73 Å². The Kier molecular flexibility index (Phi) is 4.90. The van der Waals surface area contributed by atoms with Crippen LogP contribution in [0.1, 0.15) is 64.2 Å². The van der Waals surface area contributed by atoms with Gasteiger partial charge in [0.25, 0.3) is 0 Å². The predicted octanol–water partition coefficient (Wildman–Crippen LogP) is 4.03. The smallest absolute Gasteiger partial charge is 0.0223 e. The molecule has 2 rings (SSSR count). The Morgan fingerprint density at radius 3 is 2.19 bits per heavy atom. The summed E-state index contributed by atoms with van der Waals surface area (Å²) in [6, 6.07) is 0.329. The number of allylic oxidation sites excluding steroid dienone is 1. The Morgan fingerprint density at radius 2 is 1.44 bits per heavy atom. The summed E-state index contributed by atoms with van der Waals surface area (Å²) < 4.78 is 0. The summed E-state index contributed by atoms with van der Waals surface area (Å²) in [5.74, 6) is 1.98. The van der Waals surface area contributed by atoms with Crippen LogP contribution in [0.5, 0.6) is 0 Å². The van der Waals surface area contributed by atoms with E-state index in [0.29, 0.717) is 6.04 Å². The van der Waals surface area contributed by atoms with Crippen LogP contribution in [0.3, 0.4) is 0 Å². The quantitative estimate of drug-likeness (QED) is 0.525. The van der Waals surface area contributed by atoms with E-state index >= 15 is 0 Å². The van der Waals surface area contributed by atoms with Gasteiger partial charge in [-0.25, -0.2) is 0 Å². The molecule has 2 atom stereocenters. The molecule has 0 aromatic heterocycles. The van der Waals surface area contributed by atoms with E-state index in [9.17, 15) is 0 Å². The van der Waals surface area contributed by atoms with Gasteiger partial charge in [0.05, 0.1) is 0 Å². The van der Waals surface area contributed by atoms with Crippen LogP contribution in [0.25, 0.3) is 0 Å². The molecule has 2 N–H and O–H groups in total. The summed E-state index contributed by atoms with van der Waals surface area (Å²) in [6.07, 6.45) is 18.7. The molecule has 0 bridgehead atoms. The highest BCUT2D eigenvalue weighted by Gasteiger charge is 2.22. The van der Waals surface area contributed by atoms with Crippen LogP contribution in [-0.2, 0) is 0 Å². The summed E-state index contributed by atoms with van der Waals surface area (Å²) in [5.41, 5.74) is 5.97. The zero-order valence-electron chi connectivity index (χ0n) is 10.5. The molecule has 0 spiro atoms. The fourth-order valence-electron chi connectivity index (χ4n) is 3.47. The Balaban J connectivity index is 1.88. The lowest BCUT2D eigenvalue weighted by Gasteiger charge is -2.27. The molecule has 1 fully saturated rings. The first-order valence-corrected chi connectivity index (χ1v) is 7.28. The molecule has 2 unspecified atom stereocenters. The summed E-state index contributed by atoms with van der Waals surface area (Å²) in [5, 5.41) is 0. The molecule has 0 heterocycles. The third-order valence-corrected chi connectivity index (χ3v) is 4.50. The minimum absolute atomic E-state index is 0.329. The first-order valence-electron chi connectivity index (χ1n) is 7.28. The Bertz CT molecular complexity index is 213. The molecule has 0 amide bonds. The standard InChI is InChI=1S/C15H27N/c16-15-11-5-9-14(10-6-12-15)13-7-3-1-2-4-8-13/h5,11,13-15H,1-4,6-10,12,16H2/b11-5-. The second-order valence-electron chi connectivity index (χ2n) is 5.77. The maximum Gasteiger partial charge on any atom is 0.0223 e. The lowest BCUT2D eigenvalue weighted by Crippen LogP contribution is -2.21. The highest BCUT2D eigenvalue weighted by Crippen LogP contribution is 2.34. The summed E-state index contributed by atoms with van der Waals surface area (Å²) in [7, 11) is 0. The number of hydrogen-bond donors (Lipinski definition) is 1. The van der Waals surface area contributed by atoms with E-state index in [4.69, 9.17) is 5.73 Å².